The van der Waals surface area contributed by atoms with Crippen LogP contribution in [0.5, 0.6) is 0 Å². The Bertz CT molecular complexity index is 314. The average Bonchev–Trinajstić information content (AvgIpc) is 2.40. The number of likely N-dealkylation sites (tertiary alicyclic amines) is 1. The molecule has 0 aromatic rings. The van der Waals surface area contributed by atoms with Crippen LogP contribution in [0.4, 0.5) is 0 Å². The van der Waals surface area contributed by atoms with E-state index in [1.54, 1.807) is 0 Å². The summed E-state index contributed by atoms with van der Waals surface area (Å²) in [5.41, 5.74) is -0.618. The smallest absolute Gasteiger partial charge is 0.137 e. The minimum Gasteiger partial charge on any atom is -0.389 e. The second kappa shape index (κ2) is 6.36. The number of piperidine rings is 1. The van der Waals surface area contributed by atoms with E-state index in [2.05, 4.69) is 4.90 Å². The maximum absolute atomic E-state index is 12.2. The summed E-state index contributed by atoms with van der Waals surface area (Å²) >= 11 is 0. The van der Waals surface area contributed by atoms with Crippen molar-refractivity contribution >= 4 is 5.78 Å². The van der Waals surface area contributed by atoms with Crippen molar-refractivity contribution < 1.29 is 9.90 Å². The molecule has 2 aliphatic rings. The number of β-amino-alcohol motifs (C(OH)–C–C–N with tert-alkyl or cyclic N) is 1. The molecule has 2 fully saturated rings. The molecule has 1 heterocycles. The van der Waals surface area contributed by atoms with E-state index in [1.807, 2.05) is 13.8 Å². The minimum absolute atomic E-state index is 0.238. The fraction of sp³-hybridized carbons (Fsp3) is 0.938. The number of nitrogens with zero attached hydrogens (tertiary/aromatic N) is 1. The first-order valence-electron chi connectivity index (χ1n) is 8.02. The zero-order valence-corrected chi connectivity index (χ0v) is 12.5. The number of Topliss-reactive ketones (excluding diaryl/α,β-unsaturated/α-hetero) is 1. The molecule has 1 N–H and O–H groups in total. The lowest BCUT2D eigenvalue weighted by atomic mass is 9.78. The highest BCUT2D eigenvalue weighted by molar-refractivity contribution is 5.82. The Morgan fingerprint density at radius 2 is 2.00 bits per heavy atom. The van der Waals surface area contributed by atoms with Crippen LogP contribution in [0.2, 0.25) is 0 Å². The molecule has 3 atom stereocenters. The monoisotopic (exact) mass is 267 g/mol. The fourth-order valence-electron chi connectivity index (χ4n) is 3.63. The van der Waals surface area contributed by atoms with Crippen molar-refractivity contribution in [1.29, 1.82) is 0 Å². The molecule has 0 aromatic heterocycles. The van der Waals surface area contributed by atoms with E-state index in [-0.39, 0.29) is 5.92 Å². The molecule has 19 heavy (non-hydrogen) atoms. The molecule has 3 nitrogen and oxygen atoms in total. The summed E-state index contributed by atoms with van der Waals surface area (Å²) in [6, 6.07) is 0.388. The fourth-order valence-corrected chi connectivity index (χ4v) is 3.63. The molecule has 3 heteroatoms. The van der Waals surface area contributed by atoms with E-state index in [0.29, 0.717) is 11.8 Å². The van der Waals surface area contributed by atoms with E-state index in [4.69, 9.17) is 0 Å². The van der Waals surface area contributed by atoms with E-state index >= 15 is 0 Å². The summed E-state index contributed by atoms with van der Waals surface area (Å²) in [5, 5.41) is 10.3. The van der Waals surface area contributed by atoms with Gasteiger partial charge in [0.25, 0.3) is 0 Å². The highest BCUT2D eigenvalue weighted by atomic mass is 16.3. The van der Waals surface area contributed by atoms with Crippen molar-refractivity contribution in [2.24, 2.45) is 5.92 Å². The van der Waals surface area contributed by atoms with Crippen LogP contribution >= 0.6 is 0 Å². The number of hydrogen-bond donors (Lipinski definition) is 1. The number of rotatable bonds is 4. The van der Waals surface area contributed by atoms with Crippen molar-refractivity contribution in [3.8, 4) is 0 Å². The lowest BCUT2D eigenvalue weighted by molar-refractivity contribution is -0.128. The molecular formula is C16H29NO2. The van der Waals surface area contributed by atoms with Crippen LogP contribution in [0.1, 0.15) is 65.2 Å². The number of carbonyl (C=O) groups is 1. The topological polar surface area (TPSA) is 40.5 Å². The van der Waals surface area contributed by atoms with Gasteiger partial charge in [0.2, 0.25) is 0 Å². The van der Waals surface area contributed by atoms with Gasteiger partial charge in [0.05, 0.1) is 5.60 Å². The predicted octanol–water partition coefficient (Wildman–Crippen LogP) is 2.76. The Labute approximate surface area is 117 Å². The van der Waals surface area contributed by atoms with Crippen molar-refractivity contribution in [1.82, 2.24) is 4.90 Å². The molecule has 0 radical (unpaired) electrons. The first kappa shape index (κ1) is 15.0. The Balaban J connectivity index is 2.04. The first-order valence-corrected chi connectivity index (χ1v) is 8.02. The molecule has 1 saturated heterocycles. The zero-order valence-electron chi connectivity index (χ0n) is 12.5. The summed E-state index contributed by atoms with van der Waals surface area (Å²) in [5.74, 6) is 0.709. The van der Waals surface area contributed by atoms with Crippen LogP contribution in [0.15, 0.2) is 0 Å². The highest BCUT2D eigenvalue weighted by Crippen LogP contribution is 2.32. The first-order chi connectivity index (χ1) is 9.03. The van der Waals surface area contributed by atoms with Crippen molar-refractivity contribution in [2.75, 3.05) is 13.1 Å². The number of ketones is 1. The van der Waals surface area contributed by atoms with Gasteiger partial charge in [-0.1, -0.05) is 19.8 Å². The van der Waals surface area contributed by atoms with Gasteiger partial charge in [0.15, 0.2) is 0 Å². The number of hydrogen-bond acceptors (Lipinski definition) is 3. The lowest BCUT2D eigenvalue weighted by Gasteiger charge is -2.43. The summed E-state index contributed by atoms with van der Waals surface area (Å²) in [6.07, 6.45) is 8.47. The quantitative estimate of drug-likeness (QED) is 0.851. The molecule has 2 rings (SSSR count). The van der Waals surface area contributed by atoms with E-state index < -0.39 is 5.60 Å². The molecule has 0 spiro atoms. The maximum Gasteiger partial charge on any atom is 0.137 e. The Morgan fingerprint density at radius 3 is 2.68 bits per heavy atom. The minimum atomic E-state index is -0.618. The molecular weight excluding hydrogens is 238 g/mol. The summed E-state index contributed by atoms with van der Waals surface area (Å²) < 4.78 is 0. The molecule has 0 aromatic carbocycles. The molecule has 3 unspecified atom stereocenters. The summed E-state index contributed by atoms with van der Waals surface area (Å²) in [7, 11) is 0. The third-order valence-corrected chi connectivity index (χ3v) is 5.04. The van der Waals surface area contributed by atoms with Gasteiger partial charge in [-0.05, 0) is 45.6 Å². The van der Waals surface area contributed by atoms with Gasteiger partial charge in [-0.15, -0.1) is 0 Å². The van der Waals surface area contributed by atoms with Crippen LogP contribution in [-0.2, 0) is 4.79 Å². The van der Waals surface area contributed by atoms with Crippen molar-refractivity contribution in [3.63, 3.8) is 0 Å². The van der Waals surface area contributed by atoms with Gasteiger partial charge in [-0.3, -0.25) is 9.69 Å². The van der Waals surface area contributed by atoms with Crippen LogP contribution in [-0.4, -0.2) is 40.5 Å². The number of aliphatic hydroxyl groups is 1. The SMILES string of the molecule is CCC(C)(O)CN1CCCCC1C1CCCCC1=O. The lowest BCUT2D eigenvalue weighted by Crippen LogP contribution is -2.52. The predicted molar refractivity (Wildman–Crippen MR) is 77.1 cm³/mol. The molecule has 1 aliphatic heterocycles. The van der Waals surface area contributed by atoms with Gasteiger partial charge < -0.3 is 5.11 Å². The average molecular weight is 267 g/mol. The van der Waals surface area contributed by atoms with Gasteiger partial charge in [0.1, 0.15) is 5.78 Å². The largest absolute Gasteiger partial charge is 0.389 e. The Morgan fingerprint density at radius 1 is 1.26 bits per heavy atom. The van der Waals surface area contributed by atoms with Gasteiger partial charge in [-0.2, -0.15) is 0 Å². The van der Waals surface area contributed by atoms with Crippen LogP contribution in [0.3, 0.4) is 0 Å². The Hall–Kier alpha value is -0.410. The maximum atomic E-state index is 12.2. The molecule has 0 bridgehead atoms. The third kappa shape index (κ3) is 3.79. The molecule has 1 saturated carbocycles. The normalized spacial score (nSPS) is 33.1. The van der Waals surface area contributed by atoms with Crippen LogP contribution < -0.4 is 0 Å². The molecule has 110 valence electrons. The third-order valence-electron chi connectivity index (χ3n) is 5.04. The van der Waals surface area contributed by atoms with Gasteiger partial charge in [0, 0.05) is 24.9 Å². The summed E-state index contributed by atoms with van der Waals surface area (Å²) in [4.78, 5) is 14.6. The second-order valence-electron chi connectivity index (χ2n) is 6.70. The van der Waals surface area contributed by atoms with Crippen LogP contribution in [0.25, 0.3) is 0 Å². The second-order valence-corrected chi connectivity index (χ2v) is 6.70. The van der Waals surface area contributed by atoms with E-state index in [1.165, 1.54) is 19.3 Å². The van der Waals surface area contributed by atoms with E-state index in [0.717, 1.165) is 45.2 Å². The summed E-state index contributed by atoms with van der Waals surface area (Å²) in [6.45, 7) is 5.72. The van der Waals surface area contributed by atoms with Crippen molar-refractivity contribution in [2.45, 2.75) is 76.9 Å². The Kier molecular flexibility index (Phi) is 5.02. The molecule has 1 aliphatic carbocycles. The van der Waals surface area contributed by atoms with Gasteiger partial charge in [-0.25, -0.2) is 0 Å². The van der Waals surface area contributed by atoms with Crippen molar-refractivity contribution in [3.05, 3.63) is 0 Å². The highest BCUT2D eigenvalue weighted by Gasteiger charge is 2.37. The van der Waals surface area contributed by atoms with Gasteiger partial charge >= 0.3 is 0 Å². The zero-order chi connectivity index (χ0) is 13.9. The van der Waals surface area contributed by atoms with E-state index in [9.17, 15) is 9.90 Å². The standard InChI is InChI=1S/C16H29NO2/c1-3-16(2,19)12-17-11-7-6-9-14(17)13-8-4-5-10-15(13)18/h13-14,19H,3-12H2,1-2H3. The molecule has 0 amide bonds. The van der Waals surface area contributed by atoms with Crippen LogP contribution in [0, 0.1) is 5.92 Å². The number of carbonyl (C=O) groups excluding carboxylic acids is 1.